The van der Waals surface area contributed by atoms with Crippen LogP contribution in [-0.4, -0.2) is 41.1 Å². The molecule has 0 saturated heterocycles. The molecule has 0 aliphatic carbocycles. The molecule has 7 nitrogen and oxygen atoms in total. The maximum atomic E-state index is 11.5. The van der Waals surface area contributed by atoms with E-state index in [0.717, 1.165) is 0 Å². The summed E-state index contributed by atoms with van der Waals surface area (Å²) in [5.74, 6) is -1.28. The van der Waals surface area contributed by atoms with Gasteiger partial charge in [0.15, 0.2) is 0 Å². The number of hydrogen-bond donors (Lipinski definition) is 4. The zero-order valence-electron chi connectivity index (χ0n) is 12.7. The summed E-state index contributed by atoms with van der Waals surface area (Å²) in [5, 5.41) is 16.3. The Hall–Kier alpha value is -1.79. The van der Waals surface area contributed by atoms with Crippen molar-refractivity contribution in [2.24, 2.45) is 5.92 Å². The second-order valence-electron chi connectivity index (χ2n) is 6.15. The van der Waals surface area contributed by atoms with Gasteiger partial charge in [-0.2, -0.15) is 0 Å². The Labute approximate surface area is 119 Å². The highest BCUT2D eigenvalue weighted by molar-refractivity contribution is 5.86. The average Bonchev–Trinajstić information content (AvgIpc) is 2.22. The Morgan fingerprint density at radius 3 is 2.10 bits per heavy atom. The third-order valence-electron chi connectivity index (χ3n) is 2.23. The van der Waals surface area contributed by atoms with Gasteiger partial charge in [0.2, 0.25) is 5.91 Å². The highest BCUT2D eigenvalue weighted by Crippen LogP contribution is 2.04. The van der Waals surface area contributed by atoms with Gasteiger partial charge in [-0.25, -0.2) is 9.59 Å². The predicted molar refractivity (Wildman–Crippen MR) is 75.3 cm³/mol. The molecule has 3 amide bonds. The molecule has 116 valence electrons. The first-order valence-electron chi connectivity index (χ1n) is 6.59. The van der Waals surface area contributed by atoms with E-state index in [1.54, 1.807) is 0 Å². The Morgan fingerprint density at radius 1 is 1.15 bits per heavy atom. The Balaban J connectivity index is 4.21. The van der Waals surface area contributed by atoms with Crippen LogP contribution >= 0.6 is 0 Å². The van der Waals surface area contributed by atoms with Crippen LogP contribution in [0.2, 0.25) is 0 Å². The van der Waals surface area contributed by atoms with Crippen molar-refractivity contribution in [2.75, 3.05) is 6.54 Å². The molecule has 20 heavy (non-hydrogen) atoms. The van der Waals surface area contributed by atoms with Crippen LogP contribution in [0.1, 0.15) is 41.0 Å². The lowest BCUT2D eigenvalue weighted by molar-refractivity contribution is -0.139. The number of hydrogen-bond acceptors (Lipinski definition) is 3. The highest BCUT2D eigenvalue weighted by Gasteiger charge is 2.21. The number of carboxylic acid groups (broad SMARTS) is 1. The second-order valence-corrected chi connectivity index (χ2v) is 6.15. The summed E-state index contributed by atoms with van der Waals surface area (Å²) in [5.41, 5.74) is -0.378. The largest absolute Gasteiger partial charge is 0.480 e. The number of carbonyl (C=O) groups is 3. The Bertz CT molecular complexity index is 361. The van der Waals surface area contributed by atoms with Crippen LogP contribution < -0.4 is 16.0 Å². The zero-order valence-corrected chi connectivity index (χ0v) is 12.7. The molecule has 0 rings (SSSR count). The summed E-state index contributed by atoms with van der Waals surface area (Å²) in [6.45, 7) is 9.02. The second kappa shape index (κ2) is 7.72. The van der Waals surface area contributed by atoms with E-state index in [0.29, 0.717) is 6.42 Å². The van der Waals surface area contributed by atoms with Gasteiger partial charge < -0.3 is 21.1 Å². The topological polar surface area (TPSA) is 108 Å². The maximum absolute atomic E-state index is 11.5. The van der Waals surface area contributed by atoms with Gasteiger partial charge in [0.05, 0.1) is 6.54 Å². The first kappa shape index (κ1) is 18.2. The van der Waals surface area contributed by atoms with Crippen molar-refractivity contribution in [2.45, 2.75) is 52.6 Å². The molecule has 0 unspecified atom stereocenters. The molecule has 0 aromatic heterocycles. The van der Waals surface area contributed by atoms with E-state index in [1.807, 2.05) is 34.6 Å². The SMILES string of the molecule is CC(C)C[C@@H](NC(=O)NCC(=O)NC(C)(C)C)C(=O)O. The molecule has 0 radical (unpaired) electrons. The number of carbonyl (C=O) groups excluding carboxylic acids is 2. The molecule has 0 fully saturated rings. The molecular weight excluding hydrogens is 262 g/mol. The van der Waals surface area contributed by atoms with E-state index in [2.05, 4.69) is 16.0 Å². The van der Waals surface area contributed by atoms with Crippen molar-refractivity contribution in [1.82, 2.24) is 16.0 Å². The lowest BCUT2D eigenvalue weighted by Gasteiger charge is -2.21. The third kappa shape index (κ3) is 9.18. The third-order valence-corrected chi connectivity index (χ3v) is 2.23. The molecule has 0 aliphatic heterocycles. The van der Waals surface area contributed by atoms with Gasteiger partial charge in [-0.05, 0) is 33.1 Å². The number of rotatable bonds is 6. The molecule has 4 N–H and O–H groups in total. The molecule has 0 aliphatic rings. The minimum Gasteiger partial charge on any atom is -0.480 e. The van der Waals surface area contributed by atoms with Crippen LogP contribution in [0.4, 0.5) is 4.79 Å². The number of nitrogens with one attached hydrogen (secondary N) is 3. The molecule has 0 aromatic rings. The lowest BCUT2D eigenvalue weighted by Crippen LogP contribution is -2.50. The van der Waals surface area contributed by atoms with Crippen LogP contribution in [0.3, 0.4) is 0 Å². The first-order chi connectivity index (χ1) is 9.01. The summed E-state index contributed by atoms with van der Waals surface area (Å²) in [6.07, 6.45) is 0.330. The van der Waals surface area contributed by atoms with Crippen LogP contribution in [0, 0.1) is 5.92 Å². The molecule has 0 heterocycles. The fourth-order valence-corrected chi connectivity index (χ4v) is 1.53. The average molecular weight is 287 g/mol. The molecule has 0 spiro atoms. The molecule has 0 aromatic carbocycles. The number of aliphatic carboxylic acids is 1. The summed E-state index contributed by atoms with van der Waals surface area (Å²) >= 11 is 0. The standard InChI is InChI=1S/C13H25N3O4/c1-8(2)6-9(11(18)19)15-12(20)14-7-10(17)16-13(3,4)5/h8-9H,6-7H2,1-5H3,(H,16,17)(H,18,19)(H2,14,15,20)/t9-/m1/s1. The fraction of sp³-hybridized carbons (Fsp3) is 0.769. The van der Waals surface area contributed by atoms with E-state index in [1.165, 1.54) is 0 Å². The summed E-state index contributed by atoms with van der Waals surface area (Å²) in [4.78, 5) is 34.0. The summed E-state index contributed by atoms with van der Waals surface area (Å²) < 4.78 is 0. The zero-order chi connectivity index (χ0) is 15.9. The van der Waals surface area contributed by atoms with Crippen molar-refractivity contribution in [3.8, 4) is 0 Å². The van der Waals surface area contributed by atoms with E-state index < -0.39 is 18.0 Å². The van der Waals surface area contributed by atoms with E-state index >= 15 is 0 Å². The highest BCUT2D eigenvalue weighted by atomic mass is 16.4. The normalized spacial score (nSPS) is 12.7. The summed E-state index contributed by atoms with van der Waals surface area (Å²) in [7, 11) is 0. The van der Waals surface area contributed by atoms with Gasteiger partial charge >= 0.3 is 12.0 Å². The number of carboxylic acids is 1. The van der Waals surface area contributed by atoms with E-state index in [4.69, 9.17) is 5.11 Å². The van der Waals surface area contributed by atoms with Crippen molar-refractivity contribution in [3.63, 3.8) is 0 Å². The van der Waals surface area contributed by atoms with E-state index in [-0.39, 0.29) is 23.9 Å². The molecule has 7 heteroatoms. The molecular formula is C13H25N3O4. The summed E-state index contributed by atoms with van der Waals surface area (Å²) in [6, 6.07) is -1.62. The smallest absolute Gasteiger partial charge is 0.326 e. The minimum atomic E-state index is -1.09. The maximum Gasteiger partial charge on any atom is 0.326 e. The van der Waals surface area contributed by atoms with E-state index in [9.17, 15) is 14.4 Å². The Morgan fingerprint density at radius 2 is 1.70 bits per heavy atom. The monoisotopic (exact) mass is 287 g/mol. The number of amides is 3. The molecule has 0 bridgehead atoms. The predicted octanol–water partition coefficient (Wildman–Crippen LogP) is 0.700. The van der Waals surface area contributed by atoms with Crippen LogP contribution in [0.5, 0.6) is 0 Å². The molecule has 1 atom stereocenters. The first-order valence-corrected chi connectivity index (χ1v) is 6.59. The van der Waals surface area contributed by atoms with Crippen molar-refractivity contribution >= 4 is 17.9 Å². The van der Waals surface area contributed by atoms with Crippen molar-refractivity contribution in [3.05, 3.63) is 0 Å². The van der Waals surface area contributed by atoms with Gasteiger partial charge in [-0.1, -0.05) is 13.8 Å². The number of urea groups is 1. The van der Waals surface area contributed by atoms with Gasteiger partial charge in [0, 0.05) is 5.54 Å². The molecule has 0 saturated carbocycles. The quantitative estimate of drug-likeness (QED) is 0.576. The lowest BCUT2D eigenvalue weighted by atomic mass is 10.0. The van der Waals surface area contributed by atoms with Crippen molar-refractivity contribution in [1.29, 1.82) is 0 Å². The van der Waals surface area contributed by atoms with Gasteiger partial charge in [-0.3, -0.25) is 4.79 Å². The van der Waals surface area contributed by atoms with Crippen LogP contribution in [0.25, 0.3) is 0 Å². The van der Waals surface area contributed by atoms with Gasteiger partial charge in [-0.15, -0.1) is 0 Å². The van der Waals surface area contributed by atoms with Crippen LogP contribution in [0.15, 0.2) is 0 Å². The minimum absolute atomic E-state index is 0.139. The fourth-order valence-electron chi connectivity index (χ4n) is 1.53. The van der Waals surface area contributed by atoms with Crippen molar-refractivity contribution < 1.29 is 19.5 Å². The van der Waals surface area contributed by atoms with Gasteiger partial charge in [0.1, 0.15) is 6.04 Å². The van der Waals surface area contributed by atoms with Crippen LogP contribution in [-0.2, 0) is 9.59 Å². The van der Waals surface area contributed by atoms with Gasteiger partial charge in [0.25, 0.3) is 0 Å². The Kier molecular flexibility index (Phi) is 7.02.